The van der Waals surface area contributed by atoms with E-state index in [2.05, 4.69) is 15.5 Å². The number of Topliss-reactive ketones (excluding diaryl/α,β-unsaturated/α-hetero) is 1. The largest absolute Gasteiger partial charge is 0.301 e. The topological polar surface area (TPSA) is 72.0 Å². The summed E-state index contributed by atoms with van der Waals surface area (Å²) < 4.78 is 0. The molecule has 0 fully saturated rings. The summed E-state index contributed by atoms with van der Waals surface area (Å²) in [5, 5.41) is 12.2. The molecular formula is C10H9N3O2S2. The van der Waals surface area contributed by atoms with Crippen molar-refractivity contribution in [1.82, 2.24) is 10.2 Å². The second-order valence-corrected chi connectivity index (χ2v) is 4.97. The molecule has 0 aliphatic rings. The molecule has 0 bridgehead atoms. The zero-order valence-corrected chi connectivity index (χ0v) is 10.4. The van der Waals surface area contributed by atoms with E-state index >= 15 is 0 Å². The summed E-state index contributed by atoms with van der Waals surface area (Å²) in [6, 6.07) is 3.58. The first-order chi connectivity index (χ1) is 8.25. The van der Waals surface area contributed by atoms with Gasteiger partial charge in [-0.25, -0.2) is 0 Å². The fourth-order valence-electron chi connectivity index (χ4n) is 1.20. The molecule has 1 N–H and O–H groups in total. The second-order valence-electron chi connectivity index (χ2n) is 3.19. The van der Waals surface area contributed by atoms with Gasteiger partial charge >= 0.3 is 0 Å². The highest BCUT2D eigenvalue weighted by atomic mass is 32.1. The van der Waals surface area contributed by atoms with Crippen LogP contribution in [0.4, 0.5) is 5.13 Å². The molecule has 1 amide bonds. The van der Waals surface area contributed by atoms with E-state index in [0.717, 1.165) is 0 Å². The molecule has 0 unspecified atom stereocenters. The van der Waals surface area contributed by atoms with Crippen LogP contribution in [0, 0.1) is 0 Å². The molecule has 2 rings (SSSR count). The maximum Gasteiger partial charge on any atom is 0.226 e. The van der Waals surface area contributed by atoms with Crippen molar-refractivity contribution in [2.24, 2.45) is 0 Å². The van der Waals surface area contributed by atoms with Crippen molar-refractivity contribution in [3.8, 4) is 0 Å². The highest BCUT2D eigenvalue weighted by Gasteiger charge is 2.10. The normalized spacial score (nSPS) is 10.1. The van der Waals surface area contributed by atoms with Crippen LogP contribution in [0.25, 0.3) is 0 Å². The molecule has 0 atom stereocenters. The van der Waals surface area contributed by atoms with Crippen LogP contribution < -0.4 is 5.32 Å². The van der Waals surface area contributed by atoms with Gasteiger partial charge in [-0.05, 0) is 11.4 Å². The Kier molecular flexibility index (Phi) is 3.94. The van der Waals surface area contributed by atoms with E-state index in [0.29, 0.717) is 10.0 Å². The summed E-state index contributed by atoms with van der Waals surface area (Å²) in [6.07, 6.45) is 0.376. The minimum atomic E-state index is -0.216. The Labute approximate surface area is 106 Å². The first-order valence-corrected chi connectivity index (χ1v) is 6.64. The summed E-state index contributed by atoms with van der Waals surface area (Å²) in [6.45, 7) is 0. The number of hydrogen-bond donors (Lipinski definition) is 1. The monoisotopic (exact) mass is 267 g/mol. The molecule has 0 saturated heterocycles. The van der Waals surface area contributed by atoms with Crippen LogP contribution >= 0.6 is 22.7 Å². The molecule has 0 radical (unpaired) electrons. The fourth-order valence-corrected chi connectivity index (χ4v) is 2.35. The van der Waals surface area contributed by atoms with Gasteiger partial charge in [0.25, 0.3) is 0 Å². The van der Waals surface area contributed by atoms with Gasteiger partial charge in [-0.1, -0.05) is 17.4 Å². The van der Waals surface area contributed by atoms with Crippen LogP contribution in [0.15, 0.2) is 23.0 Å². The predicted octanol–water partition coefficient (Wildman–Crippen LogP) is 2.20. The third-order valence-corrected chi connectivity index (χ3v) is 3.50. The third-order valence-electron chi connectivity index (χ3n) is 1.98. The molecule has 5 nitrogen and oxygen atoms in total. The van der Waals surface area contributed by atoms with Crippen molar-refractivity contribution in [2.45, 2.75) is 12.8 Å². The van der Waals surface area contributed by atoms with Gasteiger partial charge in [-0.2, -0.15) is 0 Å². The number of hydrogen-bond acceptors (Lipinski definition) is 6. The lowest BCUT2D eigenvalue weighted by atomic mass is 10.2. The highest BCUT2D eigenvalue weighted by molar-refractivity contribution is 7.13. The number of nitrogens with zero attached hydrogens (tertiary/aromatic N) is 2. The standard InChI is InChI=1S/C10H9N3O2S2/c14-7(8-2-1-5-16-8)3-4-9(15)12-10-13-11-6-17-10/h1-2,5-6H,3-4H2,(H,12,13,15). The van der Waals surface area contributed by atoms with E-state index in [1.54, 1.807) is 6.07 Å². The Bertz CT molecular complexity index is 494. The van der Waals surface area contributed by atoms with Crippen LogP contribution in [0.2, 0.25) is 0 Å². The van der Waals surface area contributed by atoms with Crippen LogP contribution in [0.3, 0.4) is 0 Å². The van der Waals surface area contributed by atoms with Crippen LogP contribution in [0.5, 0.6) is 0 Å². The number of ketones is 1. The molecule has 2 aromatic rings. The third kappa shape index (κ3) is 3.43. The Hall–Kier alpha value is -1.60. The number of aromatic nitrogens is 2. The summed E-state index contributed by atoms with van der Waals surface area (Å²) in [5.74, 6) is -0.223. The average Bonchev–Trinajstić information content (AvgIpc) is 2.97. The summed E-state index contributed by atoms with van der Waals surface area (Å²) in [4.78, 5) is 23.8. The van der Waals surface area contributed by atoms with E-state index < -0.39 is 0 Å². The predicted molar refractivity (Wildman–Crippen MR) is 66.4 cm³/mol. The molecule has 2 aromatic heterocycles. The van der Waals surface area contributed by atoms with Crippen molar-refractivity contribution in [1.29, 1.82) is 0 Å². The summed E-state index contributed by atoms with van der Waals surface area (Å²) in [7, 11) is 0. The maximum absolute atomic E-state index is 11.6. The van der Waals surface area contributed by atoms with Gasteiger partial charge in [-0.3, -0.25) is 9.59 Å². The number of amides is 1. The average molecular weight is 267 g/mol. The van der Waals surface area contributed by atoms with Crippen molar-refractivity contribution in [3.63, 3.8) is 0 Å². The van der Waals surface area contributed by atoms with Gasteiger partial charge in [-0.15, -0.1) is 21.5 Å². The van der Waals surface area contributed by atoms with Crippen LogP contribution in [0.1, 0.15) is 22.5 Å². The van der Waals surface area contributed by atoms with Gasteiger partial charge in [0.1, 0.15) is 5.51 Å². The van der Waals surface area contributed by atoms with Crippen molar-refractivity contribution in [2.75, 3.05) is 5.32 Å². The highest BCUT2D eigenvalue weighted by Crippen LogP contribution is 2.13. The van der Waals surface area contributed by atoms with Crippen molar-refractivity contribution < 1.29 is 9.59 Å². The zero-order valence-electron chi connectivity index (χ0n) is 8.75. The molecule has 0 aliphatic heterocycles. The molecule has 17 heavy (non-hydrogen) atoms. The molecular weight excluding hydrogens is 258 g/mol. The lowest BCUT2D eigenvalue weighted by molar-refractivity contribution is -0.116. The van der Waals surface area contributed by atoms with Gasteiger partial charge in [0.05, 0.1) is 4.88 Å². The second kappa shape index (κ2) is 5.65. The number of thiophene rings is 1. The maximum atomic E-state index is 11.6. The molecule has 7 heteroatoms. The molecule has 0 saturated carbocycles. The molecule has 88 valence electrons. The van der Waals surface area contributed by atoms with E-state index in [-0.39, 0.29) is 24.5 Å². The minimum absolute atomic E-state index is 0.00702. The molecule has 0 aliphatic carbocycles. The summed E-state index contributed by atoms with van der Waals surface area (Å²) in [5.41, 5.74) is 1.53. The van der Waals surface area contributed by atoms with E-state index in [1.807, 2.05) is 11.4 Å². The lowest BCUT2D eigenvalue weighted by Gasteiger charge is -1.99. The van der Waals surface area contributed by atoms with Gasteiger partial charge < -0.3 is 5.32 Å². The Balaban J connectivity index is 1.79. The Morgan fingerprint density at radius 3 is 2.82 bits per heavy atom. The number of carbonyl (C=O) groups is 2. The Morgan fingerprint density at radius 2 is 2.18 bits per heavy atom. The van der Waals surface area contributed by atoms with Gasteiger partial charge in [0, 0.05) is 12.8 Å². The summed E-state index contributed by atoms with van der Waals surface area (Å²) >= 11 is 2.63. The van der Waals surface area contributed by atoms with E-state index in [4.69, 9.17) is 0 Å². The Morgan fingerprint density at radius 1 is 1.29 bits per heavy atom. The molecule has 0 aromatic carbocycles. The smallest absolute Gasteiger partial charge is 0.226 e. The van der Waals surface area contributed by atoms with Gasteiger partial charge in [0.15, 0.2) is 5.78 Å². The van der Waals surface area contributed by atoms with Crippen LogP contribution in [-0.4, -0.2) is 21.9 Å². The number of nitrogens with one attached hydrogen (secondary N) is 1. The quantitative estimate of drug-likeness (QED) is 0.843. The minimum Gasteiger partial charge on any atom is -0.301 e. The van der Waals surface area contributed by atoms with Crippen molar-refractivity contribution in [3.05, 3.63) is 27.9 Å². The lowest BCUT2D eigenvalue weighted by Crippen LogP contribution is -2.13. The van der Waals surface area contributed by atoms with E-state index in [1.165, 1.54) is 28.2 Å². The van der Waals surface area contributed by atoms with E-state index in [9.17, 15) is 9.59 Å². The first-order valence-electron chi connectivity index (χ1n) is 4.88. The molecule has 2 heterocycles. The first kappa shape index (κ1) is 11.9. The number of anilines is 1. The SMILES string of the molecule is O=C(CCC(=O)c1cccs1)Nc1nncs1. The zero-order chi connectivity index (χ0) is 12.1. The van der Waals surface area contributed by atoms with Gasteiger partial charge in [0.2, 0.25) is 11.0 Å². The fraction of sp³-hybridized carbons (Fsp3) is 0.200. The number of rotatable bonds is 5. The van der Waals surface area contributed by atoms with Crippen molar-refractivity contribution >= 4 is 39.5 Å². The molecule has 0 spiro atoms. The number of carbonyl (C=O) groups excluding carboxylic acids is 2. The van der Waals surface area contributed by atoms with Crippen LogP contribution in [-0.2, 0) is 4.79 Å².